The van der Waals surface area contributed by atoms with E-state index in [1.807, 2.05) is 0 Å². The van der Waals surface area contributed by atoms with Gasteiger partial charge in [-0.3, -0.25) is 4.79 Å². The highest BCUT2D eigenvalue weighted by Crippen LogP contribution is 2.38. The maximum Gasteiger partial charge on any atom is 0.239 e. The Morgan fingerprint density at radius 2 is 1.56 bits per heavy atom. The molecule has 2 saturated heterocycles. The van der Waals surface area contributed by atoms with Crippen molar-refractivity contribution in [3.05, 3.63) is 46.6 Å². The van der Waals surface area contributed by atoms with Gasteiger partial charge in [0.15, 0.2) is 18.2 Å². The molecular weight excluding hydrogens is 576 g/mol. The quantitative estimate of drug-likeness (QED) is 0.159. The average Bonchev–Trinajstić information content (AvgIpc) is 2.99. The fraction of sp³-hybridized carbons (Fsp3) is 0.464. The van der Waals surface area contributed by atoms with E-state index >= 15 is 0 Å². The molecule has 0 spiro atoms. The van der Waals surface area contributed by atoms with Crippen molar-refractivity contribution in [2.24, 2.45) is 0 Å². The van der Waals surface area contributed by atoms with Gasteiger partial charge in [0, 0.05) is 17.7 Å². The summed E-state index contributed by atoms with van der Waals surface area (Å²) in [7, 11) is 1.35. The second-order valence-electron chi connectivity index (χ2n) is 10.3. The minimum atomic E-state index is -1.85. The van der Waals surface area contributed by atoms with Crippen molar-refractivity contribution in [1.29, 1.82) is 0 Å². The molecule has 0 aliphatic carbocycles. The third-order valence-electron chi connectivity index (χ3n) is 7.43. The molecule has 8 N–H and O–H groups in total. The van der Waals surface area contributed by atoms with E-state index in [0.717, 1.165) is 0 Å². The summed E-state index contributed by atoms with van der Waals surface area (Å²) in [6.07, 6.45) is -16.2. The number of phenols is 2. The van der Waals surface area contributed by atoms with Crippen molar-refractivity contribution < 1.29 is 69.0 Å². The number of hydrogen-bond donors (Lipinski definition) is 8. The van der Waals surface area contributed by atoms with Gasteiger partial charge >= 0.3 is 0 Å². The summed E-state index contributed by atoms with van der Waals surface area (Å²) in [5, 5.41) is 82.2. The molecule has 1 aromatic heterocycles. The van der Waals surface area contributed by atoms with Gasteiger partial charge in [-0.25, -0.2) is 0 Å². The van der Waals surface area contributed by atoms with Crippen molar-refractivity contribution in [3.63, 3.8) is 0 Å². The second-order valence-corrected chi connectivity index (χ2v) is 10.3. The Hall–Kier alpha value is -3.51. The molecule has 10 atom stereocenters. The van der Waals surface area contributed by atoms with Gasteiger partial charge in [0.05, 0.1) is 19.8 Å². The Morgan fingerprint density at radius 3 is 2.21 bits per heavy atom. The van der Waals surface area contributed by atoms with Gasteiger partial charge < -0.3 is 69.0 Å². The van der Waals surface area contributed by atoms with E-state index in [1.165, 1.54) is 50.4 Å². The zero-order valence-corrected chi connectivity index (χ0v) is 22.9. The van der Waals surface area contributed by atoms with Crippen LogP contribution in [0.4, 0.5) is 0 Å². The van der Waals surface area contributed by atoms with E-state index in [2.05, 4.69) is 0 Å². The van der Waals surface area contributed by atoms with Crippen LogP contribution in [-0.2, 0) is 14.2 Å². The first-order valence-corrected chi connectivity index (χ1v) is 13.3. The molecule has 15 nitrogen and oxygen atoms in total. The molecule has 0 saturated carbocycles. The highest BCUT2D eigenvalue weighted by atomic mass is 16.8. The highest BCUT2D eigenvalue weighted by molar-refractivity contribution is 5.88. The van der Waals surface area contributed by atoms with Gasteiger partial charge in [0.1, 0.15) is 64.8 Å². The van der Waals surface area contributed by atoms with E-state index in [1.54, 1.807) is 0 Å². The van der Waals surface area contributed by atoms with Crippen LogP contribution >= 0.6 is 0 Å². The third kappa shape index (κ3) is 5.74. The fourth-order valence-electron chi connectivity index (χ4n) is 4.98. The molecular formula is C28H32O15. The van der Waals surface area contributed by atoms with Gasteiger partial charge in [-0.1, -0.05) is 0 Å². The number of rotatable bonds is 7. The van der Waals surface area contributed by atoms with Crippen LogP contribution in [-0.4, -0.2) is 116 Å². The molecule has 2 aliphatic heterocycles. The van der Waals surface area contributed by atoms with E-state index in [0.29, 0.717) is 0 Å². The van der Waals surface area contributed by atoms with Crippen LogP contribution in [0.3, 0.4) is 0 Å². The highest BCUT2D eigenvalue weighted by Gasteiger charge is 2.51. The fourth-order valence-corrected chi connectivity index (χ4v) is 4.98. The number of ether oxygens (including phenoxy) is 5. The maximum absolute atomic E-state index is 13.8. The smallest absolute Gasteiger partial charge is 0.239 e. The minimum absolute atomic E-state index is 0.0846. The number of hydrogen-bond acceptors (Lipinski definition) is 15. The molecule has 5 unspecified atom stereocenters. The van der Waals surface area contributed by atoms with Crippen molar-refractivity contribution in [2.45, 2.75) is 68.3 Å². The zero-order valence-electron chi connectivity index (χ0n) is 22.9. The third-order valence-corrected chi connectivity index (χ3v) is 7.43. The normalized spacial score (nSPS) is 32.9. The van der Waals surface area contributed by atoms with Crippen molar-refractivity contribution in [2.75, 3.05) is 13.7 Å². The number of phenolic OH excluding ortho intramolecular Hbond substituents is 2. The predicted octanol–water partition coefficient (Wildman–Crippen LogP) is -1.09. The standard InChI is InChI=1S/C28H32O15/c1-10-18(32)21(35)23(37)27(39-10)43-26-22(36)19(33)16(9-29)41-28(26)42-25-20(34)17-14(31)7-13(38-2)8-15(17)40-24(25)11-3-5-12(30)6-4-11/h3-8,10,16,18-19,21-23,26-33,35-37H,9H2,1-2H3/t10?,16?,18-,19+,21?,22?,23-,26?,27-,28-/m0/s1. The first kappa shape index (κ1) is 30.9. The van der Waals surface area contributed by atoms with Crippen LogP contribution < -0.4 is 14.9 Å². The molecule has 2 aliphatic rings. The number of methoxy groups -OCH3 is 1. The van der Waals surface area contributed by atoms with Crippen LogP contribution in [0.15, 0.2) is 45.6 Å². The van der Waals surface area contributed by atoms with Crippen molar-refractivity contribution >= 4 is 11.0 Å². The van der Waals surface area contributed by atoms with Crippen LogP contribution in [0.2, 0.25) is 0 Å². The second kappa shape index (κ2) is 12.2. The topological polar surface area (TPSA) is 238 Å². The molecule has 2 fully saturated rings. The molecule has 0 amide bonds. The lowest BCUT2D eigenvalue weighted by atomic mass is 9.97. The molecule has 0 bridgehead atoms. The SMILES string of the molecule is COc1cc(O)c2c(=O)c(O[C@@H]3OC(CO)[C@@H](O)C(O)C3O[C@@H]3OC(C)[C@H](O)C(O)[C@@H]3O)c(-c3ccc(O)cc3)oc2c1. The lowest BCUT2D eigenvalue weighted by Gasteiger charge is -2.45. The molecule has 2 aromatic carbocycles. The summed E-state index contributed by atoms with van der Waals surface area (Å²) >= 11 is 0. The summed E-state index contributed by atoms with van der Waals surface area (Å²) < 4.78 is 33.9. The minimum Gasteiger partial charge on any atom is -0.508 e. The van der Waals surface area contributed by atoms with Crippen LogP contribution in [0.1, 0.15) is 6.92 Å². The molecule has 3 aromatic rings. The van der Waals surface area contributed by atoms with Crippen LogP contribution in [0.25, 0.3) is 22.3 Å². The maximum atomic E-state index is 13.8. The van der Waals surface area contributed by atoms with Gasteiger partial charge in [-0.2, -0.15) is 0 Å². The predicted molar refractivity (Wildman–Crippen MR) is 143 cm³/mol. The summed E-state index contributed by atoms with van der Waals surface area (Å²) in [5.41, 5.74) is -0.744. The Kier molecular flexibility index (Phi) is 8.80. The number of aliphatic hydroxyl groups is 6. The van der Waals surface area contributed by atoms with Gasteiger partial charge in [0.2, 0.25) is 17.5 Å². The summed E-state index contributed by atoms with van der Waals surface area (Å²) in [6, 6.07) is 8.00. The Bertz CT molecular complexity index is 1490. The van der Waals surface area contributed by atoms with Gasteiger partial charge in [-0.15, -0.1) is 0 Å². The van der Waals surface area contributed by atoms with Crippen LogP contribution in [0, 0.1) is 0 Å². The molecule has 3 heterocycles. The Labute approximate surface area is 243 Å². The average molecular weight is 609 g/mol. The summed E-state index contributed by atoms with van der Waals surface area (Å²) in [5.74, 6) is -1.17. The monoisotopic (exact) mass is 608 g/mol. The number of aliphatic hydroxyl groups excluding tert-OH is 6. The number of benzene rings is 2. The van der Waals surface area contributed by atoms with E-state index in [9.17, 15) is 45.6 Å². The first-order valence-electron chi connectivity index (χ1n) is 13.3. The summed E-state index contributed by atoms with van der Waals surface area (Å²) in [6.45, 7) is 0.618. The Morgan fingerprint density at radius 1 is 0.860 bits per heavy atom. The largest absolute Gasteiger partial charge is 0.508 e. The molecule has 43 heavy (non-hydrogen) atoms. The van der Waals surface area contributed by atoms with E-state index in [-0.39, 0.29) is 33.8 Å². The molecule has 15 heteroatoms. The van der Waals surface area contributed by atoms with Crippen LogP contribution in [0.5, 0.6) is 23.0 Å². The number of aromatic hydroxyl groups is 2. The lowest BCUT2D eigenvalue weighted by Crippen LogP contribution is -2.64. The zero-order chi connectivity index (χ0) is 31.2. The lowest BCUT2D eigenvalue weighted by molar-refractivity contribution is -0.354. The van der Waals surface area contributed by atoms with E-state index in [4.69, 9.17) is 28.1 Å². The van der Waals surface area contributed by atoms with Crippen molar-refractivity contribution in [3.8, 4) is 34.3 Å². The van der Waals surface area contributed by atoms with Gasteiger partial charge in [-0.05, 0) is 31.2 Å². The molecule has 234 valence electrons. The molecule has 0 radical (unpaired) electrons. The Balaban J connectivity index is 1.61. The first-order chi connectivity index (χ1) is 20.4. The molecule has 5 rings (SSSR count). The summed E-state index contributed by atoms with van der Waals surface area (Å²) in [4.78, 5) is 13.8. The van der Waals surface area contributed by atoms with E-state index < -0.39 is 84.9 Å². The van der Waals surface area contributed by atoms with Gasteiger partial charge in [0.25, 0.3) is 0 Å². The van der Waals surface area contributed by atoms with Crippen molar-refractivity contribution in [1.82, 2.24) is 0 Å². The number of fused-ring (bicyclic) bond motifs is 1.